The van der Waals surface area contributed by atoms with Gasteiger partial charge in [-0.15, -0.1) is 0 Å². The van der Waals surface area contributed by atoms with Crippen molar-refractivity contribution in [3.8, 4) is 5.75 Å². The van der Waals surface area contributed by atoms with E-state index in [0.717, 1.165) is 10.5 Å². The van der Waals surface area contributed by atoms with Crippen LogP contribution in [0.5, 0.6) is 5.75 Å². The van der Waals surface area contributed by atoms with Gasteiger partial charge in [-0.2, -0.15) is 0 Å². The summed E-state index contributed by atoms with van der Waals surface area (Å²) in [7, 11) is 1.45. The van der Waals surface area contributed by atoms with Gasteiger partial charge in [0.15, 0.2) is 0 Å². The predicted octanol–water partition coefficient (Wildman–Crippen LogP) is 5.79. The number of hydrogen-bond donors (Lipinski definition) is 1. The van der Waals surface area contributed by atoms with Crippen LogP contribution in [0, 0.1) is 0 Å². The summed E-state index contributed by atoms with van der Waals surface area (Å²) < 4.78 is 13.1. The molecule has 0 atom stereocenters. The van der Waals surface area contributed by atoms with Gasteiger partial charge in [-0.3, -0.25) is 19.1 Å². The van der Waals surface area contributed by atoms with Crippen molar-refractivity contribution in [2.24, 2.45) is 0 Å². The number of fused-ring (bicyclic) bond motifs is 2. The average Bonchev–Trinajstić information content (AvgIpc) is 3.60. The highest BCUT2D eigenvalue weighted by Gasteiger charge is 2.40. The molecule has 3 aromatic heterocycles. The molecule has 5 aromatic rings. The first-order valence-corrected chi connectivity index (χ1v) is 13.2. The molecule has 1 aliphatic rings. The van der Waals surface area contributed by atoms with Gasteiger partial charge < -0.3 is 14.5 Å². The summed E-state index contributed by atoms with van der Waals surface area (Å²) in [4.78, 5) is 49.0. The summed E-state index contributed by atoms with van der Waals surface area (Å²) in [6.07, 6.45) is 4.29. The summed E-state index contributed by atoms with van der Waals surface area (Å²) in [6, 6.07) is 18.7. The third kappa shape index (κ3) is 4.65. The van der Waals surface area contributed by atoms with Gasteiger partial charge in [-0.1, -0.05) is 30.3 Å². The van der Waals surface area contributed by atoms with Crippen LogP contribution in [-0.2, 0) is 20.9 Å². The number of hydrogen-bond acceptors (Lipinski definition) is 6. The molecule has 0 spiro atoms. The number of benzene rings is 2. The number of ether oxygens (including phenoxy) is 2. The Hall–Kier alpha value is -5.18. The molecule has 0 aliphatic carbocycles. The molecule has 0 saturated heterocycles. The summed E-state index contributed by atoms with van der Waals surface area (Å²) in [5.74, 6) is -0.361. The Labute approximate surface area is 236 Å². The number of pyridine rings is 1. The lowest BCUT2D eigenvalue weighted by atomic mass is 9.96. The van der Waals surface area contributed by atoms with E-state index < -0.39 is 23.5 Å². The van der Waals surface area contributed by atoms with Crippen LogP contribution in [0.25, 0.3) is 33.1 Å². The second-order valence-corrected chi connectivity index (χ2v) is 10.9. The number of carbonyl (C=O) groups is 3. The van der Waals surface area contributed by atoms with E-state index in [2.05, 4.69) is 9.97 Å². The first-order valence-electron chi connectivity index (χ1n) is 13.2. The smallest absolute Gasteiger partial charge is 0.419 e. The molecule has 0 saturated carbocycles. The van der Waals surface area contributed by atoms with Crippen molar-refractivity contribution in [3.05, 3.63) is 95.9 Å². The minimum absolute atomic E-state index is 0.190. The lowest BCUT2D eigenvalue weighted by molar-refractivity contribution is -0.134. The molecule has 4 heterocycles. The number of rotatable bonds is 5. The number of aromatic amines is 1. The molecule has 206 valence electrons. The highest BCUT2D eigenvalue weighted by molar-refractivity contribution is 6.50. The van der Waals surface area contributed by atoms with Crippen LogP contribution in [-0.4, -0.2) is 50.0 Å². The molecular formula is C32H28N4O5. The Balaban J connectivity index is 1.56. The van der Waals surface area contributed by atoms with E-state index in [9.17, 15) is 14.4 Å². The van der Waals surface area contributed by atoms with Crippen molar-refractivity contribution in [2.75, 3.05) is 7.05 Å². The molecule has 9 heteroatoms. The summed E-state index contributed by atoms with van der Waals surface area (Å²) in [5, 5.41) is 1.28. The van der Waals surface area contributed by atoms with Gasteiger partial charge in [0, 0.05) is 47.5 Å². The van der Waals surface area contributed by atoms with Gasteiger partial charge >= 0.3 is 6.09 Å². The zero-order valence-electron chi connectivity index (χ0n) is 23.1. The van der Waals surface area contributed by atoms with Crippen molar-refractivity contribution in [1.29, 1.82) is 0 Å². The quantitative estimate of drug-likeness (QED) is 0.279. The Kier molecular flexibility index (Phi) is 6.22. The number of imide groups is 1. The van der Waals surface area contributed by atoms with Crippen molar-refractivity contribution < 1.29 is 23.9 Å². The highest BCUT2D eigenvalue weighted by Crippen LogP contribution is 2.41. The van der Waals surface area contributed by atoms with Crippen molar-refractivity contribution in [2.45, 2.75) is 33.0 Å². The number of carbonyl (C=O) groups excluding carboxylic acids is 3. The maximum Gasteiger partial charge on any atom is 0.419 e. The molecule has 9 nitrogen and oxygen atoms in total. The molecule has 6 rings (SSSR count). The first kappa shape index (κ1) is 26.1. The fraction of sp³-hybridized carbons (Fsp3) is 0.188. The normalized spacial score (nSPS) is 14.0. The molecular weight excluding hydrogens is 520 g/mol. The lowest BCUT2D eigenvalue weighted by Gasteiger charge is -2.19. The van der Waals surface area contributed by atoms with Gasteiger partial charge in [0.25, 0.3) is 11.8 Å². The van der Waals surface area contributed by atoms with Gasteiger partial charge in [-0.25, -0.2) is 9.78 Å². The number of aromatic nitrogens is 3. The monoisotopic (exact) mass is 548 g/mol. The number of H-pyrrole nitrogens is 1. The first-order chi connectivity index (χ1) is 19.6. The Bertz CT molecular complexity index is 1870. The van der Waals surface area contributed by atoms with Gasteiger partial charge in [-0.05, 0) is 56.7 Å². The zero-order chi connectivity index (χ0) is 28.9. The largest absolute Gasteiger partial charge is 0.489 e. The number of nitrogens with zero attached hydrogens (tertiary/aromatic N) is 3. The van der Waals surface area contributed by atoms with E-state index in [4.69, 9.17) is 9.47 Å². The van der Waals surface area contributed by atoms with Crippen LogP contribution in [0.1, 0.15) is 37.5 Å². The maximum absolute atomic E-state index is 13.7. The molecule has 0 radical (unpaired) electrons. The van der Waals surface area contributed by atoms with E-state index in [1.54, 1.807) is 63.6 Å². The Morgan fingerprint density at radius 2 is 1.66 bits per heavy atom. The highest BCUT2D eigenvalue weighted by atomic mass is 16.6. The molecule has 0 unspecified atom stereocenters. The van der Waals surface area contributed by atoms with E-state index in [0.29, 0.717) is 45.4 Å². The van der Waals surface area contributed by atoms with Gasteiger partial charge in [0.2, 0.25) is 0 Å². The van der Waals surface area contributed by atoms with Gasteiger partial charge in [0.05, 0.1) is 16.7 Å². The molecule has 1 aliphatic heterocycles. The van der Waals surface area contributed by atoms with Crippen molar-refractivity contribution in [3.63, 3.8) is 0 Å². The Morgan fingerprint density at radius 3 is 2.39 bits per heavy atom. The van der Waals surface area contributed by atoms with E-state index in [-0.39, 0.29) is 11.1 Å². The summed E-state index contributed by atoms with van der Waals surface area (Å²) >= 11 is 0. The van der Waals surface area contributed by atoms with Crippen LogP contribution in [0.15, 0.2) is 79.3 Å². The third-order valence-electron chi connectivity index (χ3n) is 6.89. The number of likely N-dealkylation sites (N-methyl/N-ethyl adjacent to an activating group) is 1. The maximum atomic E-state index is 13.7. The van der Waals surface area contributed by atoms with Crippen LogP contribution in [0.3, 0.4) is 0 Å². The molecule has 2 aromatic carbocycles. The molecule has 2 amide bonds. The zero-order valence-corrected chi connectivity index (χ0v) is 23.1. The number of nitrogens with one attached hydrogen (secondary N) is 1. The average molecular weight is 549 g/mol. The lowest BCUT2D eigenvalue weighted by Crippen LogP contribution is -2.27. The second kappa shape index (κ2) is 9.78. The molecule has 1 N–H and O–H groups in total. The van der Waals surface area contributed by atoms with Crippen molar-refractivity contribution >= 4 is 51.0 Å². The number of amides is 2. The molecule has 0 bridgehead atoms. The molecule has 41 heavy (non-hydrogen) atoms. The van der Waals surface area contributed by atoms with E-state index >= 15 is 0 Å². The summed E-state index contributed by atoms with van der Waals surface area (Å²) in [5.41, 5.74) is 2.77. The predicted molar refractivity (Wildman–Crippen MR) is 155 cm³/mol. The van der Waals surface area contributed by atoms with Gasteiger partial charge in [0.1, 0.15) is 23.6 Å². The SMILES string of the molecule is CN1C(=O)C(c2c[nH]c3ncccc23)=C(c2cn(C(=O)OC(C)(C)C)c3ccc(OCc4ccccc4)cc23)C1=O. The summed E-state index contributed by atoms with van der Waals surface area (Å²) in [6.45, 7) is 5.69. The van der Waals surface area contributed by atoms with Crippen LogP contribution >= 0.6 is 0 Å². The minimum Gasteiger partial charge on any atom is -0.489 e. The van der Waals surface area contributed by atoms with Crippen LogP contribution < -0.4 is 4.74 Å². The minimum atomic E-state index is -0.743. The van der Waals surface area contributed by atoms with E-state index in [1.807, 2.05) is 36.4 Å². The fourth-order valence-electron chi connectivity index (χ4n) is 5.01. The standard InChI is InChI=1S/C32H28N4O5/c1-32(2,3)41-31(39)36-17-24(22-15-20(12-13-25(22)36)40-18-19-9-6-5-7-10-19)27-26(29(37)35(4)30(27)38)23-16-34-28-21(23)11-8-14-33-28/h5-17H,18H2,1-4H3,(H,33,34). The van der Waals surface area contributed by atoms with Crippen LogP contribution in [0.4, 0.5) is 4.79 Å². The van der Waals surface area contributed by atoms with E-state index in [1.165, 1.54) is 11.6 Å². The Morgan fingerprint density at radius 1 is 0.927 bits per heavy atom. The van der Waals surface area contributed by atoms with Crippen molar-refractivity contribution in [1.82, 2.24) is 19.4 Å². The topological polar surface area (TPSA) is 107 Å². The molecule has 0 fully saturated rings. The fourth-order valence-corrected chi connectivity index (χ4v) is 5.01. The third-order valence-corrected chi connectivity index (χ3v) is 6.89. The van der Waals surface area contributed by atoms with Crippen LogP contribution in [0.2, 0.25) is 0 Å². The second-order valence-electron chi connectivity index (χ2n) is 10.9.